The molecule has 0 radical (unpaired) electrons. The zero-order valence-corrected chi connectivity index (χ0v) is 19.0. The lowest BCUT2D eigenvalue weighted by molar-refractivity contribution is 0.102. The van der Waals surface area contributed by atoms with Crippen molar-refractivity contribution in [3.63, 3.8) is 0 Å². The van der Waals surface area contributed by atoms with Gasteiger partial charge in [-0.25, -0.2) is 4.68 Å². The number of pyridine rings is 1. The van der Waals surface area contributed by atoms with Gasteiger partial charge in [-0.3, -0.25) is 9.78 Å². The molecule has 9 heteroatoms. The van der Waals surface area contributed by atoms with Crippen LogP contribution >= 0.6 is 23.4 Å². The molecule has 7 nitrogen and oxygen atoms in total. The van der Waals surface area contributed by atoms with Crippen LogP contribution in [-0.2, 0) is 0 Å². The number of aromatic nitrogens is 4. The number of nitrogens with one attached hydrogen (secondary N) is 1. The number of benzene rings is 2. The van der Waals surface area contributed by atoms with E-state index in [1.807, 2.05) is 55.1 Å². The Morgan fingerprint density at radius 1 is 1.12 bits per heavy atom. The quantitative estimate of drug-likeness (QED) is 0.476. The SMILES string of the molecule is Cc1c(C(=O)Nc2ccc(N3CCSCC3)c(Cl)c2)nnn1-c1cccc2cnccc12. The number of rotatable bonds is 4. The molecule has 1 N–H and O–H groups in total. The summed E-state index contributed by atoms with van der Waals surface area (Å²) in [7, 11) is 0. The predicted octanol–water partition coefficient (Wildman–Crippen LogP) is 4.58. The van der Waals surface area contributed by atoms with Gasteiger partial charge in [-0.15, -0.1) is 5.10 Å². The summed E-state index contributed by atoms with van der Waals surface area (Å²) in [5.41, 5.74) is 3.39. The number of hydrogen-bond donors (Lipinski definition) is 1. The smallest absolute Gasteiger partial charge is 0.278 e. The van der Waals surface area contributed by atoms with Gasteiger partial charge in [0.25, 0.3) is 5.91 Å². The molecule has 0 spiro atoms. The van der Waals surface area contributed by atoms with Crippen molar-refractivity contribution >= 4 is 51.4 Å². The third-order valence-corrected chi connectivity index (χ3v) is 6.80. The van der Waals surface area contributed by atoms with Crippen LogP contribution in [0, 0.1) is 6.92 Å². The van der Waals surface area contributed by atoms with Crippen LogP contribution in [-0.4, -0.2) is 50.5 Å². The number of nitrogens with zero attached hydrogens (tertiary/aromatic N) is 5. The third-order valence-electron chi connectivity index (χ3n) is 5.55. The molecule has 1 amide bonds. The van der Waals surface area contributed by atoms with E-state index in [2.05, 4.69) is 25.5 Å². The largest absolute Gasteiger partial charge is 0.369 e. The molecule has 0 bridgehead atoms. The zero-order valence-electron chi connectivity index (χ0n) is 17.5. The highest BCUT2D eigenvalue weighted by molar-refractivity contribution is 7.99. The first-order chi connectivity index (χ1) is 15.6. The Morgan fingerprint density at radius 2 is 1.97 bits per heavy atom. The summed E-state index contributed by atoms with van der Waals surface area (Å²) in [5, 5.41) is 13.9. The first-order valence-electron chi connectivity index (χ1n) is 10.3. The molecule has 3 heterocycles. The van der Waals surface area contributed by atoms with Crippen LogP contribution in [0.2, 0.25) is 5.02 Å². The van der Waals surface area contributed by atoms with E-state index >= 15 is 0 Å². The number of carbonyl (C=O) groups excluding carboxylic acids is 1. The Kier molecular flexibility index (Phi) is 5.71. The molecule has 162 valence electrons. The van der Waals surface area contributed by atoms with Gasteiger partial charge in [0.15, 0.2) is 5.69 Å². The molecule has 0 atom stereocenters. The van der Waals surface area contributed by atoms with Crippen molar-refractivity contribution in [3.8, 4) is 5.69 Å². The molecular formula is C23H21ClN6OS. The molecule has 4 aromatic rings. The average molecular weight is 465 g/mol. The lowest BCUT2D eigenvalue weighted by Crippen LogP contribution is -2.32. The second-order valence-electron chi connectivity index (χ2n) is 7.53. The summed E-state index contributed by atoms with van der Waals surface area (Å²) in [5.74, 6) is 1.86. The van der Waals surface area contributed by atoms with Crippen molar-refractivity contribution in [2.24, 2.45) is 0 Å². The Bertz CT molecular complexity index is 1300. The van der Waals surface area contributed by atoms with Crippen molar-refractivity contribution < 1.29 is 4.79 Å². The normalized spacial score (nSPS) is 14.0. The third kappa shape index (κ3) is 3.91. The predicted molar refractivity (Wildman–Crippen MR) is 130 cm³/mol. The summed E-state index contributed by atoms with van der Waals surface area (Å²) in [6.45, 7) is 3.78. The molecule has 5 rings (SSSR count). The van der Waals surface area contributed by atoms with Gasteiger partial charge in [-0.1, -0.05) is 28.9 Å². The highest BCUT2D eigenvalue weighted by atomic mass is 35.5. The maximum Gasteiger partial charge on any atom is 0.278 e. The molecule has 0 saturated carbocycles. The zero-order chi connectivity index (χ0) is 22.1. The maximum atomic E-state index is 12.9. The lowest BCUT2D eigenvalue weighted by Gasteiger charge is -2.29. The first kappa shape index (κ1) is 20.8. The Labute approximate surface area is 194 Å². The number of thioether (sulfide) groups is 1. The van der Waals surface area contributed by atoms with Gasteiger partial charge in [0, 0.05) is 53.4 Å². The minimum absolute atomic E-state index is 0.268. The van der Waals surface area contributed by atoms with Crippen LogP contribution in [0.3, 0.4) is 0 Å². The van der Waals surface area contributed by atoms with E-state index < -0.39 is 0 Å². The molecule has 1 fully saturated rings. The highest BCUT2D eigenvalue weighted by Crippen LogP contribution is 2.31. The Hall–Kier alpha value is -3.10. The number of fused-ring (bicyclic) bond motifs is 1. The monoisotopic (exact) mass is 464 g/mol. The molecule has 2 aromatic heterocycles. The van der Waals surface area contributed by atoms with Crippen molar-refractivity contribution in [2.75, 3.05) is 34.8 Å². The van der Waals surface area contributed by atoms with E-state index in [0.29, 0.717) is 16.4 Å². The van der Waals surface area contributed by atoms with Crippen molar-refractivity contribution in [2.45, 2.75) is 6.92 Å². The van der Waals surface area contributed by atoms with Gasteiger partial charge < -0.3 is 10.2 Å². The maximum absolute atomic E-state index is 12.9. The Morgan fingerprint density at radius 3 is 2.78 bits per heavy atom. The number of anilines is 2. The molecule has 1 aliphatic rings. The van der Waals surface area contributed by atoms with E-state index in [0.717, 1.165) is 46.7 Å². The van der Waals surface area contributed by atoms with Crippen LogP contribution in [0.5, 0.6) is 0 Å². The number of hydrogen-bond acceptors (Lipinski definition) is 6. The second-order valence-corrected chi connectivity index (χ2v) is 9.16. The fraction of sp³-hybridized carbons (Fsp3) is 0.217. The fourth-order valence-electron chi connectivity index (χ4n) is 3.89. The summed E-state index contributed by atoms with van der Waals surface area (Å²) in [4.78, 5) is 19.4. The number of amides is 1. The summed E-state index contributed by atoms with van der Waals surface area (Å²) in [6.07, 6.45) is 3.54. The van der Waals surface area contributed by atoms with E-state index in [1.165, 1.54) is 0 Å². The highest BCUT2D eigenvalue weighted by Gasteiger charge is 2.20. The number of carbonyl (C=O) groups is 1. The topological polar surface area (TPSA) is 75.9 Å². The van der Waals surface area contributed by atoms with E-state index in [9.17, 15) is 4.79 Å². The van der Waals surface area contributed by atoms with Crippen molar-refractivity contribution in [3.05, 3.63) is 71.3 Å². The molecule has 1 aliphatic heterocycles. The molecular weight excluding hydrogens is 444 g/mol. The van der Waals surface area contributed by atoms with Crippen LogP contribution in [0.25, 0.3) is 16.5 Å². The molecule has 32 heavy (non-hydrogen) atoms. The van der Waals surface area contributed by atoms with Gasteiger partial charge in [0.05, 0.1) is 22.1 Å². The molecule has 0 aliphatic carbocycles. The van der Waals surface area contributed by atoms with Crippen molar-refractivity contribution in [1.29, 1.82) is 0 Å². The molecule has 0 unspecified atom stereocenters. The van der Waals surface area contributed by atoms with Crippen molar-refractivity contribution in [1.82, 2.24) is 20.0 Å². The van der Waals surface area contributed by atoms with Gasteiger partial charge >= 0.3 is 0 Å². The van der Waals surface area contributed by atoms with E-state index in [1.54, 1.807) is 23.1 Å². The summed E-state index contributed by atoms with van der Waals surface area (Å²) in [6, 6.07) is 13.4. The standard InChI is InChI=1S/C23H21ClN6OS/c1-15-22(27-28-30(15)20-4-2-3-16-14-25-8-7-18(16)20)23(31)26-17-5-6-21(19(24)13-17)29-9-11-32-12-10-29/h2-8,13-14H,9-12H2,1H3,(H,26,31). The number of halogens is 1. The lowest BCUT2D eigenvalue weighted by atomic mass is 10.1. The Balaban J connectivity index is 1.39. The summed E-state index contributed by atoms with van der Waals surface area (Å²) < 4.78 is 1.68. The van der Waals surface area contributed by atoms with E-state index in [-0.39, 0.29) is 11.6 Å². The fourth-order valence-corrected chi connectivity index (χ4v) is 5.10. The van der Waals surface area contributed by atoms with Crippen LogP contribution in [0.15, 0.2) is 54.9 Å². The average Bonchev–Trinajstić information content (AvgIpc) is 3.20. The van der Waals surface area contributed by atoms with Crippen LogP contribution in [0.4, 0.5) is 11.4 Å². The first-order valence-corrected chi connectivity index (χ1v) is 11.8. The van der Waals surface area contributed by atoms with Gasteiger partial charge in [-0.05, 0) is 37.3 Å². The van der Waals surface area contributed by atoms with Gasteiger partial charge in [-0.2, -0.15) is 11.8 Å². The molecule has 1 saturated heterocycles. The van der Waals surface area contributed by atoms with E-state index in [4.69, 9.17) is 11.6 Å². The van der Waals surface area contributed by atoms with Crippen LogP contribution in [0.1, 0.15) is 16.2 Å². The van der Waals surface area contributed by atoms with Gasteiger partial charge in [0.2, 0.25) is 0 Å². The summed E-state index contributed by atoms with van der Waals surface area (Å²) >= 11 is 8.48. The second kappa shape index (κ2) is 8.80. The molecule has 2 aromatic carbocycles. The minimum atomic E-state index is -0.325. The van der Waals surface area contributed by atoms with Gasteiger partial charge in [0.1, 0.15) is 0 Å². The van der Waals surface area contributed by atoms with Crippen LogP contribution < -0.4 is 10.2 Å². The minimum Gasteiger partial charge on any atom is -0.369 e.